The van der Waals surface area contributed by atoms with Crippen molar-refractivity contribution in [3.05, 3.63) is 76.0 Å². The standard InChI is InChI=1S/C27H31N3O3S/c1-32-23-17-20-10-11-30(27(25-9-6-16-34-25)22(20)18-24(23)33-2)19-26(31)29-14-12-28(13-15-29)21-7-4-3-5-8-21/h3-9,16-18,27H,10-15,19H2,1-2H3/t27-/m0/s1. The van der Waals surface area contributed by atoms with Crippen molar-refractivity contribution in [2.45, 2.75) is 12.5 Å². The van der Waals surface area contributed by atoms with E-state index in [0.29, 0.717) is 6.54 Å². The van der Waals surface area contributed by atoms with Crippen LogP contribution >= 0.6 is 11.3 Å². The molecule has 34 heavy (non-hydrogen) atoms. The van der Waals surface area contributed by atoms with E-state index in [2.05, 4.69) is 63.7 Å². The molecule has 1 fully saturated rings. The van der Waals surface area contributed by atoms with E-state index in [1.54, 1.807) is 25.6 Å². The Morgan fingerprint density at radius 2 is 1.68 bits per heavy atom. The second kappa shape index (κ2) is 10.1. The van der Waals surface area contributed by atoms with Crippen molar-refractivity contribution in [2.24, 2.45) is 0 Å². The number of methoxy groups -OCH3 is 2. The fourth-order valence-electron chi connectivity index (χ4n) is 5.07. The van der Waals surface area contributed by atoms with Crippen LogP contribution in [0.25, 0.3) is 0 Å². The van der Waals surface area contributed by atoms with Gasteiger partial charge in [-0.15, -0.1) is 11.3 Å². The summed E-state index contributed by atoms with van der Waals surface area (Å²) in [7, 11) is 3.34. The lowest BCUT2D eigenvalue weighted by Gasteiger charge is -2.40. The van der Waals surface area contributed by atoms with Crippen molar-refractivity contribution >= 4 is 22.9 Å². The van der Waals surface area contributed by atoms with E-state index in [1.807, 2.05) is 11.0 Å². The number of carbonyl (C=O) groups is 1. The maximum atomic E-state index is 13.4. The molecule has 3 aromatic rings. The van der Waals surface area contributed by atoms with Gasteiger partial charge in [-0.25, -0.2) is 0 Å². The largest absolute Gasteiger partial charge is 0.493 e. The number of nitrogens with zero attached hydrogens (tertiary/aromatic N) is 3. The highest BCUT2D eigenvalue weighted by molar-refractivity contribution is 7.10. The molecular formula is C27H31N3O3S. The fraction of sp³-hybridized carbons (Fsp3) is 0.370. The van der Waals surface area contributed by atoms with Crippen LogP contribution in [0.4, 0.5) is 5.69 Å². The molecule has 7 heteroatoms. The Kier molecular flexibility index (Phi) is 6.74. The average Bonchev–Trinajstić information content (AvgIpc) is 3.43. The van der Waals surface area contributed by atoms with Gasteiger partial charge in [-0.3, -0.25) is 9.69 Å². The number of hydrogen-bond donors (Lipinski definition) is 0. The SMILES string of the molecule is COc1cc2c(cc1OC)[C@@H](c1cccs1)N(CC(=O)N1CCN(c3ccccc3)CC1)CC2. The predicted octanol–water partition coefficient (Wildman–Crippen LogP) is 4.06. The van der Waals surface area contributed by atoms with E-state index < -0.39 is 0 Å². The van der Waals surface area contributed by atoms with E-state index >= 15 is 0 Å². The molecule has 0 aliphatic carbocycles. The van der Waals surface area contributed by atoms with Gasteiger partial charge in [-0.05, 0) is 53.3 Å². The third kappa shape index (κ3) is 4.50. The molecule has 6 nitrogen and oxygen atoms in total. The molecule has 0 spiro atoms. The molecule has 1 saturated heterocycles. The molecule has 1 atom stereocenters. The molecule has 0 unspecified atom stereocenters. The molecule has 2 aliphatic rings. The first-order valence-corrected chi connectivity index (χ1v) is 12.7. The van der Waals surface area contributed by atoms with Crippen LogP contribution in [-0.2, 0) is 11.2 Å². The number of amides is 1. The molecule has 3 heterocycles. The van der Waals surface area contributed by atoms with E-state index in [4.69, 9.17) is 9.47 Å². The Morgan fingerprint density at radius 1 is 0.941 bits per heavy atom. The normalized spacial score (nSPS) is 18.5. The first-order chi connectivity index (χ1) is 16.7. The smallest absolute Gasteiger partial charge is 0.236 e. The number of benzene rings is 2. The first kappa shape index (κ1) is 22.7. The van der Waals surface area contributed by atoms with E-state index in [-0.39, 0.29) is 11.9 Å². The maximum absolute atomic E-state index is 13.4. The Labute approximate surface area is 205 Å². The van der Waals surface area contributed by atoms with E-state index in [0.717, 1.165) is 50.6 Å². The van der Waals surface area contributed by atoms with Crippen LogP contribution in [-0.4, -0.2) is 69.2 Å². The zero-order valence-electron chi connectivity index (χ0n) is 19.8. The Hall–Kier alpha value is -3.03. The zero-order valence-corrected chi connectivity index (χ0v) is 20.6. The minimum Gasteiger partial charge on any atom is -0.493 e. The van der Waals surface area contributed by atoms with Gasteiger partial charge in [0.2, 0.25) is 5.91 Å². The van der Waals surface area contributed by atoms with Gasteiger partial charge in [0.15, 0.2) is 11.5 Å². The number of rotatable bonds is 6. The van der Waals surface area contributed by atoms with Gasteiger partial charge in [-0.1, -0.05) is 24.3 Å². The number of fused-ring (bicyclic) bond motifs is 1. The summed E-state index contributed by atoms with van der Waals surface area (Å²) in [5.74, 6) is 1.69. The van der Waals surface area contributed by atoms with Gasteiger partial charge in [-0.2, -0.15) is 0 Å². The fourth-order valence-corrected chi connectivity index (χ4v) is 5.95. The zero-order chi connectivity index (χ0) is 23.5. The summed E-state index contributed by atoms with van der Waals surface area (Å²) < 4.78 is 11.1. The third-order valence-corrected chi connectivity index (χ3v) is 7.80. The molecule has 2 aromatic carbocycles. The summed E-state index contributed by atoms with van der Waals surface area (Å²) in [5, 5.41) is 2.10. The van der Waals surface area contributed by atoms with Crippen LogP contribution in [0.15, 0.2) is 60.0 Å². The van der Waals surface area contributed by atoms with Crippen molar-refractivity contribution in [1.82, 2.24) is 9.80 Å². The van der Waals surface area contributed by atoms with Gasteiger partial charge < -0.3 is 19.3 Å². The number of thiophene rings is 1. The average molecular weight is 478 g/mol. The minimum absolute atomic E-state index is 0.0399. The van der Waals surface area contributed by atoms with Crippen molar-refractivity contribution in [1.29, 1.82) is 0 Å². The second-order valence-electron chi connectivity index (χ2n) is 8.75. The van der Waals surface area contributed by atoms with Gasteiger partial charge in [0.1, 0.15) is 0 Å². The van der Waals surface area contributed by atoms with Crippen molar-refractivity contribution in [3.8, 4) is 11.5 Å². The summed E-state index contributed by atoms with van der Waals surface area (Å²) >= 11 is 1.74. The van der Waals surface area contributed by atoms with Crippen LogP contribution < -0.4 is 14.4 Å². The molecule has 1 aromatic heterocycles. The molecule has 1 amide bonds. The van der Waals surface area contributed by atoms with Gasteiger partial charge >= 0.3 is 0 Å². The number of anilines is 1. The van der Waals surface area contributed by atoms with Gasteiger partial charge in [0, 0.05) is 43.3 Å². The summed E-state index contributed by atoms with van der Waals surface area (Å²) in [5.41, 5.74) is 3.69. The lowest BCUT2D eigenvalue weighted by molar-refractivity contribution is -0.133. The number of carbonyl (C=O) groups excluding carboxylic acids is 1. The lowest BCUT2D eigenvalue weighted by Crippen LogP contribution is -2.52. The van der Waals surface area contributed by atoms with Crippen molar-refractivity contribution in [2.75, 3.05) is 58.4 Å². The topological polar surface area (TPSA) is 45.3 Å². The highest BCUT2D eigenvalue weighted by atomic mass is 32.1. The minimum atomic E-state index is 0.0399. The molecule has 2 aliphatic heterocycles. The molecule has 0 N–H and O–H groups in total. The number of para-hydroxylation sites is 1. The van der Waals surface area contributed by atoms with Crippen molar-refractivity contribution < 1.29 is 14.3 Å². The summed E-state index contributed by atoms with van der Waals surface area (Å²) in [6, 6.07) is 18.9. The highest BCUT2D eigenvalue weighted by Crippen LogP contribution is 2.42. The molecule has 5 rings (SSSR count). The number of piperazine rings is 1. The lowest BCUT2D eigenvalue weighted by atomic mass is 9.90. The van der Waals surface area contributed by atoms with Gasteiger partial charge in [0.05, 0.1) is 26.8 Å². The summed E-state index contributed by atoms with van der Waals surface area (Å²) in [6.45, 7) is 4.50. The van der Waals surface area contributed by atoms with Crippen LogP contribution in [0.1, 0.15) is 22.0 Å². The summed E-state index contributed by atoms with van der Waals surface area (Å²) in [4.78, 5) is 21.3. The highest BCUT2D eigenvalue weighted by Gasteiger charge is 2.33. The summed E-state index contributed by atoms with van der Waals surface area (Å²) in [6.07, 6.45) is 0.882. The molecular weight excluding hydrogens is 446 g/mol. The predicted molar refractivity (Wildman–Crippen MR) is 136 cm³/mol. The Morgan fingerprint density at radius 3 is 2.35 bits per heavy atom. The van der Waals surface area contributed by atoms with Crippen LogP contribution in [0.3, 0.4) is 0 Å². The van der Waals surface area contributed by atoms with Crippen LogP contribution in [0.2, 0.25) is 0 Å². The molecule has 0 bridgehead atoms. The third-order valence-electron chi connectivity index (χ3n) is 6.88. The Balaban J connectivity index is 1.33. The maximum Gasteiger partial charge on any atom is 0.236 e. The number of hydrogen-bond acceptors (Lipinski definition) is 6. The monoisotopic (exact) mass is 477 g/mol. The quantitative estimate of drug-likeness (QED) is 0.536. The first-order valence-electron chi connectivity index (χ1n) is 11.8. The molecule has 0 radical (unpaired) electrons. The Bertz CT molecular complexity index is 1110. The molecule has 0 saturated carbocycles. The van der Waals surface area contributed by atoms with E-state index in [9.17, 15) is 4.79 Å². The van der Waals surface area contributed by atoms with Crippen LogP contribution in [0.5, 0.6) is 11.5 Å². The second-order valence-corrected chi connectivity index (χ2v) is 9.73. The molecule has 178 valence electrons. The van der Waals surface area contributed by atoms with E-state index in [1.165, 1.54) is 21.7 Å². The van der Waals surface area contributed by atoms with Gasteiger partial charge in [0.25, 0.3) is 0 Å². The number of ether oxygens (including phenoxy) is 2. The van der Waals surface area contributed by atoms with Crippen molar-refractivity contribution in [3.63, 3.8) is 0 Å². The van der Waals surface area contributed by atoms with Crippen LogP contribution in [0, 0.1) is 0 Å².